The summed E-state index contributed by atoms with van der Waals surface area (Å²) in [4.78, 5) is 12.1. The molecule has 0 aromatic heterocycles. The topological polar surface area (TPSA) is 35.5 Å². The van der Waals surface area contributed by atoms with Crippen LogP contribution in [0.1, 0.15) is 25.7 Å². The first-order valence-corrected chi connectivity index (χ1v) is 5.96. The molecule has 2 rings (SSSR count). The van der Waals surface area contributed by atoms with Crippen molar-refractivity contribution in [1.82, 2.24) is 0 Å². The highest BCUT2D eigenvalue weighted by Crippen LogP contribution is 2.38. The molecule has 1 atom stereocenters. The van der Waals surface area contributed by atoms with Crippen molar-refractivity contribution in [2.75, 3.05) is 13.7 Å². The molecule has 0 aromatic carbocycles. The number of carbonyl (C=O) groups excluding carboxylic acids is 1. The molecule has 0 spiro atoms. The minimum Gasteiger partial charge on any atom is -0.497 e. The Morgan fingerprint density at radius 3 is 3.06 bits per heavy atom. The first-order chi connectivity index (χ1) is 8.26. The van der Waals surface area contributed by atoms with Gasteiger partial charge in [0.1, 0.15) is 6.61 Å². The summed E-state index contributed by atoms with van der Waals surface area (Å²) in [6, 6.07) is 0. The van der Waals surface area contributed by atoms with Gasteiger partial charge in [0, 0.05) is 31.1 Å². The smallest absolute Gasteiger partial charge is 0.188 e. The molecule has 0 N–H and O–H groups in total. The molecule has 0 bridgehead atoms. The fourth-order valence-electron chi connectivity index (χ4n) is 2.43. The number of rotatable bonds is 4. The van der Waals surface area contributed by atoms with E-state index in [2.05, 4.69) is 6.58 Å². The molecule has 3 heteroatoms. The largest absolute Gasteiger partial charge is 0.497 e. The van der Waals surface area contributed by atoms with Crippen molar-refractivity contribution >= 4 is 5.78 Å². The van der Waals surface area contributed by atoms with Crippen molar-refractivity contribution in [2.45, 2.75) is 31.8 Å². The van der Waals surface area contributed by atoms with Crippen LogP contribution in [0.5, 0.6) is 0 Å². The van der Waals surface area contributed by atoms with Gasteiger partial charge in [0.2, 0.25) is 0 Å². The third kappa shape index (κ3) is 2.50. The fourth-order valence-corrected chi connectivity index (χ4v) is 2.43. The molecule has 0 fully saturated rings. The Labute approximate surface area is 102 Å². The van der Waals surface area contributed by atoms with E-state index in [9.17, 15) is 4.79 Å². The van der Waals surface area contributed by atoms with E-state index in [0.717, 1.165) is 36.8 Å². The Morgan fingerprint density at radius 1 is 1.53 bits per heavy atom. The summed E-state index contributed by atoms with van der Waals surface area (Å²) in [6.45, 7) is 4.02. The lowest BCUT2D eigenvalue weighted by atomic mass is 9.91. The molecule has 92 valence electrons. The summed E-state index contributed by atoms with van der Waals surface area (Å²) in [7, 11) is 1.71. The van der Waals surface area contributed by atoms with Crippen LogP contribution in [0.15, 0.2) is 35.6 Å². The van der Waals surface area contributed by atoms with Gasteiger partial charge in [0.25, 0.3) is 0 Å². The molecule has 0 amide bonds. The first-order valence-electron chi connectivity index (χ1n) is 5.96. The lowest BCUT2D eigenvalue weighted by molar-refractivity contribution is -0.112. The molecular weight excluding hydrogens is 216 g/mol. The Balaban J connectivity index is 2.05. The van der Waals surface area contributed by atoms with Crippen LogP contribution in [0, 0.1) is 0 Å². The average Bonchev–Trinajstić information content (AvgIpc) is 2.66. The van der Waals surface area contributed by atoms with Crippen LogP contribution in [0.2, 0.25) is 0 Å². The van der Waals surface area contributed by atoms with Gasteiger partial charge < -0.3 is 9.47 Å². The first kappa shape index (κ1) is 12.1. The third-order valence-electron chi connectivity index (χ3n) is 3.37. The van der Waals surface area contributed by atoms with Crippen molar-refractivity contribution in [3.8, 4) is 0 Å². The maximum atomic E-state index is 12.1. The van der Waals surface area contributed by atoms with Crippen LogP contribution in [-0.4, -0.2) is 25.6 Å². The van der Waals surface area contributed by atoms with E-state index >= 15 is 0 Å². The summed E-state index contributed by atoms with van der Waals surface area (Å²) in [5.74, 6) is 0.144. The van der Waals surface area contributed by atoms with Crippen LogP contribution in [-0.2, 0) is 14.3 Å². The Kier molecular flexibility index (Phi) is 3.79. The molecular formula is C14H18O3. The van der Waals surface area contributed by atoms with Gasteiger partial charge >= 0.3 is 0 Å². The van der Waals surface area contributed by atoms with Crippen LogP contribution >= 0.6 is 0 Å². The second-order valence-electron chi connectivity index (χ2n) is 4.45. The number of Topliss-reactive ketones (excluding diaryl/α,β-unsaturated/α-hetero) is 1. The van der Waals surface area contributed by atoms with E-state index in [-0.39, 0.29) is 11.9 Å². The zero-order valence-electron chi connectivity index (χ0n) is 10.2. The molecule has 2 aliphatic rings. The second-order valence-corrected chi connectivity index (χ2v) is 4.45. The highest BCUT2D eigenvalue weighted by molar-refractivity contribution is 6.11. The summed E-state index contributed by atoms with van der Waals surface area (Å²) in [6.07, 6.45) is 6.95. The fraction of sp³-hybridized carbons (Fsp3) is 0.500. The second kappa shape index (κ2) is 5.32. The van der Waals surface area contributed by atoms with Crippen molar-refractivity contribution < 1.29 is 14.3 Å². The highest BCUT2D eigenvalue weighted by atomic mass is 16.5. The molecule has 3 nitrogen and oxygen atoms in total. The van der Waals surface area contributed by atoms with Crippen LogP contribution in [0.25, 0.3) is 0 Å². The van der Waals surface area contributed by atoms with Gasteiger partial charge in [0.15, 0.2) is 5.78 Å². The van der Waals surface area contributed by atoms with Gasteiger partial charge in [-0.2, -0.15) is 0 Å². The van der Waals surface area contributed by atoms with Gasteiger partial charge in [-0.05, 0) is 12.8 Å². The van der Waals surface area contributed by atoms with Crippen molar-refractivity contribution in [2.24, 2.45) is 0 Å². The maximum absolute atomic E-state index is 12.1. The predicted molar refractivity (Wildman–Crippen MR) is 65.5 cm³/mol. The van der Waals surface area contributed by atoms with E-state index in [1.807, 2.05) is 0 Å². The van der Waals surface area contributed by atoms with Crippen molar-refractivity contribution in [1.29, 1.82) is 0 Å². The third-order valence-corrected chi connectivity index (χ3v) is 3.37. The van der Waals surface area contributed by atoms with Crippen LogP contribution < -0.4 is 0 Å². The number of ketones is 1. The van der Waals surface area contributed by atoms with Gasteiger partial charge in [-0.25, -0.2) is 0 Å². The highest BCUT2D eigenvalue weighted by Gasteiger charge is 2.33. The van der Waals surface area contributed by atoms with E-state index in [0.29, 0.717) is 6.61 Å². The number of carbonyl (C=O) groups is 1. The minimum atomic E-state index is 0.144. The molecule has 17 heavy (non-hydrogen) atoms. The molecule has 0 saturated carbocycles. The number of hydrogen-bond donors (Lipinski definition) is 0. The van der Waals surface area contributed by atoms with Gasteiger partial charge in [-0.1, -0.05) is 18.2 Å². The monoisotopic (exact) mass is 234 g/mol. The molecule has 0 saturated heterocycles. The summed E-state index contributed by atoms with van der Waals surface area (Å²) >= 11 is 0. The maximum Gasteiger partial charge on any atom is 0.188 e. The molecule has 2 aliphatic carbocycles. The average molecular weight is 234 g/mol. The van der Waals surface area contributed by atoms with Crippen molar-refractivity contribution in [3.05, 3.63) is 35.6 Å². The summed E-state index contributed by atoms with van der Waals surface area (Å²) < 4.78 is 10.6. The number of allylic oxidation sites excluding steroid dienone is 2. The van der Waals surface area contributed by atoms with Gasteiger partial charge in [0.05, 0.1) is 12.4 Å². The van der Waals surface area contributed by atoms with E-state index in [1.54, 1.807) is 19.4 Å². The van der Waals surface area contributed by atoms with Crippen molar-refractivity contribution in [3.63, 3.8) is 0 Å². The lowest BCUT2D eigenvalue weighted by Crippen LogP contribution is -2.18. The lowest BCUT2D eigenvalue weighted by Gasteiger charge is -2.21. The molecule has 0 aromatic rings. The Hall–Kier alpha value is -1.35. The standard InChI is InChI=1S/C14H18O3/c1-3-6-17-9-11-7-10-4-5-12(16-2)8-13(10)14(11)15/h3,9,12H,1,4-8H2,2H3/b11-9+. The zero-order chi connectivity index (χ0) is 12.3. The van der Waals surface area contributed by atoms with Crippen LogP contribution in [0.4, 0.5) is 0 Å². The number of methoxy groups -OCH3 is 1. The molecule has 0 radical (unpaired) electrons. The zero-order valence-corrected chi connectivity index (χ0v) is 10.2. The molecule has 0 heterocycles. The van der Waals surface area contributed by atoms with Gasteiger partial charge in [-0.3, -0.25) is 4.79 Å². The number of ether oxygens (including phenoxy) is 2. The van der Waals surface area contributed by atoms with Crippen LogP contribution in [0.3, 0.4) is 0 Å². The van der Waals surface area contributed by atoms with E-state index < -0.39 is 0 Å². The molecule has 1 unspecified atom stereocenters. The molecule has 0 aliphatic heterocycles. The SMILES string of the molecule is C=CCO/C=C1\CC2=C(CC(OC)CC2)C1=O. The summed E-state index contributed by atoms with van der Waals surface area (Å²) in [5, 5.41) is 0. The number of hydrogen-bond acceptors (Lipinski definition) is 3. The Bertz CT molecular complexity index is 390. The minimum absolute atomic E-state index is 0.144. The predicted octanol–water partition coefficient (Wildman–Crippen LogP) is 2.54. The van der Waals surface area contributed by atoms with Gasteiger partial charge in [-0.15, -0.1) is 0 Å². The Morgan fingerprint density at radius 2 is 2.35 bits per heavy atom. The van der Waals surface area contributed by atoms with E-state index in [1.165, 1.54) is 5.57 Å². The van der Waals surface area contributed by atoms with E-state index in [4.69, 9.17) is 9.47 Å². The quantitative estimate of drug-likeness (QED) is 0.324. The normalized spacial score (nSPS) is 26.3. The summed E-state index contributed by atoms with van der Waals surface area (Å²) in [5.41, 5.74) is 3.00.